The molecule has 0 aliphatic carbocycles. The molecule has 0 bridgehead atoms. The number of carbonyl (C=O) groups excluding carboxylic acids is 1. The highest BCUT2D eigenvalue weighted by molar-refractivity contribution is 5.94. The number of benzene rings is 1. The molecule has 0 aliphatic heterocycles. The maximum atomic E-state index is 11.0. The highest BCUT2D eigenvalue weighted by Crippen LogP contribution is 2.29. The summed E-state index contributed by atoms with van der Waals surface area (Å²) in [5, 5.41) is 19.7. The summed E-state index contributed by atoms with van der Waals surface area (Å²) >= 11 is 0. The molecule has 19 heavy (non-hydrogen) atoms. The van der Waals surface area contributed by atoms with Crippen LogP contribution in [0.4, 0.5) is 11.4 Å². The first-order valence-corrected chi connectivity index (χ1v) is 5.41. The molecular formula is C11H13N3O5. The largest absolute Gasteiger partial charge is 0.480 e. The molecule has 0 spiro atoms. The topological polar surface area (TPSA) is 127 Å². The summed E-state index contributed by atoms with van der Waals surface area (Å²) in [4.78, 5) is 33.3. The van der Waals surface area contributed by atoms with Crippen LogP contribution in [0.5, 0.6) is 0 Å². The highest BCUT2D eigenvalue weighted by atomic mass is 16.6. The fraction of sp³-hybridized carbons (Fsp3) is 0.273. The summed E-state index contributed by atoms with van der Waals surface area (Å²) in [7, 11) is 0. The van der Waals surface area contributed by atoms with E-state index in [2.05, 4.69) is 0 Å². The van der Waals surface area contributed by atoms with E-state index in [4.69, 9.17) is 10.8 Å². The van der Waals surface area contributed by atoms with Gasteiger partial charge >= 0.3 is 5.97 Å². The summed E-state index contributed by atoms with van der Waals surface area (Å²) in [6.45, 7) is 1.59. The van der Waals surface area contributed by atoms with E-state index < -0.39 is 16.8 Å². The Morgan fingerprint density at radius 3 is 2.53 bits per heavy atom. The van der Waals surface area contributed by atoms with Crippen LogP contribution in [0.1, 0.15) is 17.3 Å². The molecule has 0 unspecified atom stereocenters. The lowest BCUT2D eigenvalue weighted by Gasteiger charge is -2.20. The van der Waals surface area contributed by atoms with Crippen molar-refractivity contribution in [2.45, 2.75) is 6.92 Å². The van der Waals surface area contributed by atoms with Crippen molar-refractivity contribution in [3.8, 4) is 0 Å². The van der Waals surface area contributed by atoms with Crippen molar-refractivity contribution < 1.29 is 19.6 Å². The smallest absolute Gasteiger partial charge is 0.323 e. The van der Waals surface area contributed by atoms with Crippen LogP contribution in [0.15, 0.2) is 18.2 Å². The number of carboxylic acids is 1. The Morgan fingerprint density at radius 1 is 1.47 bits per heavy atom. The average Bonchev–Trinajstić information content (AvgIpc) is 2.34. The zero-order valence-electron chi connectivity index (χ0n) is 10.2. The molecule has 0 fully saturated rings. The van der Waals surface area contributed by atoms with Gasteiger partial charge in [-0.15, -0.1) is 0 Å². The van der Waals surface area contributed by atoms with Crippen molar-refractivity contribution in [1.29, 1.82) is 0 Å². The van der Waals surface area contributed by atoms with Gasteiger partial charge in [0, 0.05) is 18.2 Å². The third kappa shape index (κ3) is 3.41. The first-order valence-electron chi connectivity index (χ1n) is 5.41. The van der Waals surface area contributed by atoms with Gasteiger partial charge in [-0.1, -0.05) is 0 Å². The number of carboxylic acid groups (broad SMARTS) is 1. The zero-order valence-corrected chi connectivity index (χ0v) is 10.2. The molecule has 0 aliphatic rings. The van der Waals surface area contributed by atoms with Crippen LogP contribution in [0.25, 0.3) is 0 Å². The monoisotopic (exact) mass is 267 g/mol. The number of anilines is 1. The highest BCUT2D eigenvalue weighted by Gasteiger charge is 2.21. The van der Waals surface area contributed by atoms with Crippen molar-refractivity contribution in [3.63, 3.8) is 0 Å². The molecule has 1 aromatic rings. The van der Waals surface area contributed by atoms with Crippen LogP contribution in [0.3, 0.4) is 0 Å². The van der Waals surface area contributed by atoms with Crippen molar-refractivity contribution >= 4 is 23.3 Å². The Morgan fingerprint density at radius 2 is 2.11 bits per heavy atom. The summed E-state index contributed by atoms with van der Waals surface area (Å²) < 4.78 is 0. The number of nitro groups is 1. The third-order valence-corrected chi connectivity index (χ3v) is 2.51. The minimum absolute atomic E-state index is 0.00169. The third-order valence-electron chi connectivity index (χ3n) is 2.51. The molecule has 3 N–H and O–H groups in total. The molecular weight excluding hydrogens is 254 g/mol. The second-order valence-corrected chi connectivity index (χ2v) is 3.73. The SMILES string of the molecule is CCN(CC(=O)O)c1ccc(C(N)=O)cc1[N+](=O)[O-]. The number of hydrogen-bond acceptors (Lipinski definition) is 5. The molecule has 0 radical (unpaired) electrons. The number of hydrogen-bond donors (Lipinski definition) is 2. The van der Waals surface area contributed by atoms with Gasteiger partial charge in [-0.3, -0.25) is 19.7 Å². The van der Waals surface area contributed by atoms with E-state index >= 15 is 0 Å². The number of amides is 1. The van der Waals surface area contributed by atoms with E-state index in [0.29, 0.717) is 0 Å². The average molecular weight is 267 g/mol. The van der Waals surface area contributed by atoms with Crippen LogP contribution >= 0.6 is 0 Å². The predicted octanol–water partition coefficient (Wildman–Crippen LogP) is 0.605. The zero-order chi connectivity index (χ0) is 14.6. The van der Waals surface area contributed by atoms with E-state index in [1.165, 1.54) is 17.0 Å². The molecule has 1 amide bonds. The number of nitrogens with zero attached hydrogens (tertiary/aromatic N) is 2. The molecule has 8 nitrogen and oxygen atoms in total. The van der Waals surface area contributed by atoms with E-state index in [1.54, 1.807) is 6.92 Å². The van der Waals surface area contributed by atoms with Gasteiger partial charge in [-0.2, -0.15) is 0 Å². The lowest BCUT2D eigenvalue weighted by Crippen LogP contribution is -2.30. The number of aliphatic carboxylic acids is 1. The fourth-order valence-corrected chi connectivity index (χ4v) is 1.62. The lowest BCUT2D eigenvalue weighted by molar-refractivity contribution is -0.384. The van der Waals surface area contributed by atoms with Crippen molar-refractivity contribution in [2.75, 3.05) is 18.0 Å². The maximum Gasteiger partial charge on any atom is 0.323 e. The summed E-state index contributed by atoms with van der Waals surface area (Å²) in [5.41, 5.74) is 4.85. The standard InChI is InChI=1S/C11H13N3O5/c1-2-13(6-10(15)16)8-4-3-7(11(12)17)5-9(8)14(18)19/h3-5H,2,6H2,1H3,(H2,12,17)(H,15,16). The number of carbonyl (C=O) groups is 2. The van der Waals surface area contributed by atoms with Crippen LogP contribution in [-0.2, 0) is 4.79 Å². The fourth-order valence-electron chi connectivity index (χ4n) is 1.62. The molecule has 0 heterocycles. The Labute approximate surface area is 108 Å². The number of primary amides is 1. The van der Waals surface area contributed by atoms with Crippen LogP contribution in [0.2, 0.25) is 0 Å². The Hall–Kier alpha value is -2.64. The van der Waals surface area contributed by atoms with E-state index in [-0.39, 0.29) is 30.0 Å². The maximum absolute atomic E-state index is 11.0. The predicted molar refractivity (Wildman–Crippen MR) is 67.1 cm³/mol. The molecule has 0 saturated carbocycles. The van der Waals surface area contributed by atoms with E-state index in [0.717, 1.165) is 6.07 Å². The van der Waals surface area contributed by atoms with Gasteiger partial charge in [0.2, 0.25) is 5.91 Å². The Balaban J connectivity index is 3.29. The summed E-state index contributed by atoms with van der Waals surface area (Å²) in [6, 6.07) is 3.70. The minimum atomic E-state index is -1.10. The molecule has 102 valence electrons. The second kappa shape index (κ2) is 5.80. The molecule has 0 aromatic heterocycles. The number of likely N-dealkylation sites (N-methyl/N-ethyl adjacent to an activating group) is 1. The lowest BCUT2D eigenvalue weighted by atomic mass is 10.1. The molecule has 1 rings (SSSR count). The number of nitrogens with two attached hydrogens (primary N) is 1. The second-order valence-electron chi connectivity index (χ2n) is 3.73. The van der Waals surface area contributed by atoms with Crippen molar-refractivity contribution in [3.05, 3.63) is 33.9 Å². The van der Waals surface area contributed by atoms with Gasteiger partial charge in [0.1, 0.15) is 12.2 Å². The van der Waals surface area contributed by atoms with Crippen LogP contribution < -0.4 is 10.6 Å². The first kappa shape index (κ1) is 14.4. The quantitative estimate of drug-likeness (QED) is 0.574. The van der Waals surface area contributed by atoms with Gasteiger partial charge in [0.15, 0.2) is 0 Å². The molecule has 0 saturated heterocycles. The van der Waals surface area contributed by atoms with Gasteiger partial charge < -0.3 is 15.7 Å². The first-order chi connectivity index (χ1) is 8.86. The summed E-state index contributed by atoms with van der Waals surface area (Å²) in [6.07, 6.45) is 0. The van der Waals surface area contributed by atoms with Gasteiger partial charge in [0.05, 0.1) is 4.92 Å². The van der Waals surface area contributed by atoms with Crippen LogP contribution in [-0.4, -0.2) is 35.0 Å². The summed E-state index contributed by atoms with van der Waals surface area (Å²) in [5.74, 6) is -1.88. The molecule has 8 heteroatoms. The Kier molecular flexibility index (Phi) is 4.41. The van der Waals surface area contributed by atoms with Crippen LogP contribution in [0, 0.1) is 10.1 Å². The van der Waals surface area contributed by atoms with E-state index in [9.17, 15) is 19.7 Å². The van der Waals surface area contributed by atoms with Gasteiger partial charge in [-0.25, -0.2) is 0 Å². The molecule has 0 atom stereocenters. The van der Waals surface area contributed by atoms with Gasteiger partial charge in [-0.05, 0) is 19.1 Å². The minimum Gasteiger partial charge on any atom is -0.480 e. The van der Waals surface area contributed by atoms with Gasteiger partial charge in [0.25, 0.3) is 5.69 Å². The van der Waals surface area contributed by atoms with E-state index in [1.807, 2.05) is 0 Å². The number of nitro benzene ring substituents is 1. The van der Waals surface area contributed by atoms with Crippen molar-refractivity contribution in [1.82, 2.24) is 0 Å². The van der Waals surface area contributed by atoms with Crippen molar-refractivity contribution in [2.24, 2.45) is 5.73 Å². The number of rotatable bonds is 6. The normalized spacial score (nSPS) is 9.95. The Bertz CT molecular complexity index is 529. The molecule has 1 aromatic carbocycles.